The van der Waals surface area contributed by atoms with Crippen molar-refractivity contribution in [2.24, 2.45) is 46.8 Å². The van der Waals surface area contributed by atoms with Crippen molar-refractivity contribution >= 4 is 49.3 Å². The van der Waals surface area contributed by atoms with E-state index in [1.165, 1.54) is 29.2 Å². The molecule has 3 aliphatic heterocycles. The van der Waals surface area contributed by atoms with Crippen molar-refractivity contribution in [2.75, 3.05) is 45.7 Å². The molecule has 4 heterocycles. The quantitative estimate of drug-likeness (QED) is 0.0365. The SMILES string of the molecule is CCOC(=O)CCc1cc2ccoc2c2c1O[C@@H]1O[C@@]3(CSS[C@]4(CC[C@]5(CC[C@H](CNC)C5)[C@@H]4CC[C@@]4(O)CC[C@@H](C5(c6ccc7ccccc7c6)CCCC5)C4)[C@H](CC[C@H](C)CCC[C@H]3O)NCCO2)[C@]2(O)C[C@@H]3C=C[C@H](O)[C@H](CO)[C@H]3[C@@]1(O)[C@H]2O. The van der Waals surface area contributed by atoms with Crippen molar-refractivity contribution in [3.8, 4) is 11.5 Å². The van der Waals surface area contributed by atoms with E-state index in [-0.39, 0.29) is 84.9 Å². The standard InChI is InChI=1S/C71H98N2O13S2/c1-4-82-58(77)21-17-48-36-49-25-34-83-60(49)62-61(48)85-64-71(81)59-50(16-19-54(75)53(59)42-74)39-69(80,63(71)78)70(86-64)43-87-88-68(56(73-33-35-84-62)20-14-44(2)10-9-13-57(70)76)32-31-65(28-22-45(38-65)41-72-3)55(68)24-30-66(79)29-23-52(40-66)67(26-7-8-27-67)51-18-15-46-11-5-6-12-47(46)37-51/h5-6,11-12,15-16,18-19,25,34,36-37,44-45,50,52-57,59,63-64,72-76,78-81H,4,7-10,13-14,17,20-24,26-33,35,38-43H2,1-3H3/t44-,45+,50+,52-,53+,54+,55+,56+,57-,59+,63+,64-,65+,66+,68+,69+,70-,71-/m1/s1. The van der Waals surface area contributed by atoms with E-state index in [4.69, 9.17) is 23.4 Å². The van der Waals surface area contributed by atoms with Gasteiger partial charge in [-0.3, -0.25) is 4.79 Å². The summed E-state index contributed by atoms with van der Waals surface area (Å²) in [7, 11) is 5.49. The van der Waals surface area contributed by atoms with Gasteiger partial charge in [0.2, 0.25) is 12.0 Å². The number of carbonyl (C=O) groups is 1. The van der Waals surface area contributed by atoms with Gasteiger partial charge in [-0.1, -0.05) is 109 Å². The van der Waals surface area contributed by atoms with Gasteiger partial charge in [-0.05, 0) is 204 Å². The highest BCUT2D eigenvalue weighted by Crippen LogP contribution is 2.70. The molecule has 7 fully saturated rings. The zero-order chi connectivity index (χ0) is 61.3. The van der Waals surface area contributed by atoms with Crippen molar-refractivity contribution in [1.82, 2.24) is 10.6 Å². The lowest BCUT2D eigenvalue weighted by Gasteiger charge is -2.67. The fourth-order valence-electron chi connectivity index (χ4n) is 20.1. The maximum atomic E-state index is 14.0. The van der Waals surface area contributed by atoms with Crippen LogP contribution in [0, 0.1) is 46.8 Å². The number of fused-ring (bicyclic) bond motifs is 12. The zero-order valence-corrected chi connectivity index (χ0v) is 53.7. The van der Waals surface area contributed by atoms with E-state index in [1.807, 2.05) is 22.9 Å². The first-order valence-corrected chi connectivity index (χ1v) is 36.1. The van der Waals surface area contributed by atoms with Gasteiger partial charge < -0.3 is 69.7 Å². The summed E-state index contributed by atoms with van der Waals surface area (Å²) in [5.41, 5.74) is -5.28. The molecule has 17 heteroatoms. The van der Waals surface area contributed by atoms with E-state index < -0.39 is 82.1 Å². The molecule has 3 aromatic carbocycles. The number of ether oxygens (including phenoxy) is 4. The number of allylic oxidation sites excluding steroid dienone is 1. The minimum atomic E-state index is -2.51. The van der Waals surface area contributed by atoms with Crippen molar-refractivity contribution in [3.63, 3.8) is 0 Å². The van der Waals surface area contributed by atoms with Crippen LogP contribution >= 0.6 is 21.6 Å². The summed E-state index contributed by atoms with van der Waals surface area (Å²) < 4.78 is 32.9. The third-order valence-corrected chi connectivity index (χ3v) is 27.9. The third-order valence-electron chi connectivity index (χ3n) is 24.5. The highest BCUT2D eigenvalue weighted by Gasteiger charge is 2.78. The summed E-state index contributed by atoms with van der Waals surface area (Å²) in [6.45, 7) is 5.26. The van der Waals surface area contributed by atoms with E-state index in [9.17, 15) is 40.5 Å². The second kappa shape index (κ2) is 25.1. The van der Waals surface area contributed by atoms with Crippen LogP contribution in [0.4, 0.5) is 0 Å². The molecule has 9 N–H and O–H groups in total. The van der Waals surface area contributed by atoms with E-state index in [1.54, 1.807) is 36.1 Å². The minimum Gasteiger partial charge on any atom is -0.485 e. The normalized spacial score (nSPS) is 40.8. The highest BCUT2D eigenvalue weighted by molar-refractivity contribution is 8.77. The first kappa shape index (κ1) is 63.3. The molecule has 9 aliphatic rings. The fourth-order valence-corrected chi connectivity index (χ4v) is 24.4. The number of aliphatic hydroxyl groups is 7. The summed E-state index contributed by atoms with van der Waals surface area (Å²) in [6.07, 6.45) is 15.9. The lowest BCUT2D eigenvalue weighted by atomic mass is 9.50. The Balaban J connectivity index is 0.927. The van der Waals surface area contributed by atoms with Crippen LogP contribution in [0.2, 0.25) is 0 Å². The number of hydrogen-bond acceptors (Lipinski definition) is 17. The molecule has 1 aromatic heterocycles. The number of esters is 1. The van der Waals surface area contributed by atoms with Gasteiger partial charge in [0, 0.05) is 53.3 Å². The lowest BCUT2D eigenvalue weighted by molar-refractivity contribution is -0.424. The molecule has 88 heavy (non-hydrogen) atoms. The number of benzene rings is 3. The van der Waals surface area contributed by atoms with Crippen molar-refractivity contribution in [2.45, 2.75) is 218 Å². The summed E-state index contributed by atoms with van der Waals surface area (Å²) in [5.74, 6) is -1.61. The van der Waals surface area contributed by atoms with E-state index >= 15 is 0 Å². The molecular weight excluding hydrogens is 1150 g/mol. The molecule has 5 saturated carbocycles. The zero-order valence-electron chi connectivity index (χ0n) is 52.1. The van der Waals surface area contributed by atoms with Crippen molar-refractivity contribution in [1.29, 1.82) is 0 Å². The molecule has 13 rings (SSSR count). The maximum Gasteiger partial charge on any atom is 0.306 e. The Morgan fingerprint density at radius 3 is 2.49 bits per heavy atom. The number of aryl methyl sites for hydroxylation is 1. The van der Waals surface area contributed by atoms with Crippen LogP contribution in [0.3, 0.4) is 0 Å². The molecule has 0 amide bonds. The number of aliphatic hydroxyl groups excluding tert-OH is 4. The Bertz CT molecular complexity index is 3160. The molecule has 0 unspecified atom stereocenters. The van der Waals surface area contributed by atoms with Crippen LogP contribution < -0.4 is 20.1 Å². The predicted octanol–water partition coefficient (Wildman–Crippen LogP) is 10.2. The van der Waals surface area contributed by atoms with Crippen LogP contribution in [-0.4, -0.2) is 145 Å². The Labute approximate surface area is 527 Å². The molecule has 482 valence electrons. The molecule has 4 aromatic rings. The lowest BCUT2D eigenvalue weighted by Crippen LogP contribution is -2.86. The molecule has 0 radical (unpaired) electrons. The smallest absolute Gasteiger partial charge is 0.306 e. The second-order valence-corrected chi connectivity index (χ2v) is 31.8. The molecule has 2 saturated heterocycles. The third kappa shape index (κ3) is 10.8. The van der Waals surface area contributed by atoms with Gasteiger partial charge in [-0.2, -0.15) is 0 Å². The van der Waals surface area contributed by atoms with E-state index in [0.29, 0.717) is 47.8 Å². The van der Waals surface area contributed by atoms with Gasteiger partial charge in [0.1, 0.15) is 23.9 Å². The number of furan rings is 1. The van der Waals surface area contributed by atoms with Crippen LogP contribution in [0.1, 0.15) is 160 Å². The van der Waals surface area contributed by atoms with Crippen LogP contribution in [0.5, 0.6) is 11.5 Å². The summed E-state index contributed by atoms with van der Waals surface area (Å²) >= 11 is 0. The number of nitrogens with one attached hydrogen (secondary N) is 2. The van der Waals surface area contributed by atoms with Gasteiger partial charge in [0.05, 0.1) is 30.7 Å². The number of hydrogen-bond donors (Lipinski definition) is 9. The van der Waals surface area contributed by atoms with Crippen LogP contribution in [0.25, 0.3) is 21.7 Å². The van der Waals surface area contributed by atoms with Gasteiger partial charge in [0.15, 0.2) is 16.9 Å². The highest BCUT2D eigenvalue weighted by atomic mass is 33.1. The topological polar surface area (TPSA) is 233 Å². The van der Waals surface area contributed by atoms with Gasteiger partial charge in [0.25, 0.3) is 0 Å². The minimum absolute atomic E-state index is 0.000372. The average molecular weight is 1250 g/mol. The van der Waals surface area contributed by atoms with Crippen LogP contribution in [-0.2, 0) is 26.1 Å². The molecule has 15 nitrogen and oxygen atoms in total. The van der Waals surface area contributed by atoms with E-state index in [0.717, 1.165) is 96.4 Å². The molecule has 6 aliphatic carbocycles. The molecule has 5 bridgehead atoms. The summed E-state index contributed by atoms with van der Waals surface area (Å²) in [6, 6.07) is 19.5. The maximum absolute atomic E-state index is 14.0. The van der Waals surface area contributed by atoms with Gasteiger partial charge in [-0.15, -0.1) is 0 Å². The van der Waals surface area contributed by atoms with Gasteiger partial charge in [-0.25, -0.2) is 0 Å². The number of rotatable bonds is 12. The van der Waals surface area contributed by atoms with Crippen molar-refractivity contribution in [3.05, 3.63) is 84.1 Å². The Morgan fingerprint density at radius 2 is 1.68 bits per heavy atom. The Kier molecular flexibility index (Phi) is 18.1. The Hall–Kier alpha value is -3.43. The molecule has 3 spiro atoms. The fraction of sp³-hybridized carbons (Fsp3) is 0.704. The first-order valence-electron chi connectivity index (χ1n) is 33.8. The van der Waals surface area contributed by atoms with Crippen LogP contribution in [0.15, 0.2) is 77.4 Å². The van der Waals surface area contributed by atoms with Crippen molar-refractivity contribution < 1.29 is 63.9 Å². The number of carbonyl (C=O) groups excluding carboxylic acids is 1. The largest absolute Gasteiger partial charge is 0.485 e. The van der Waals surface area contributed by atoms with E-state index in [2.05, 4.69) is 67.1 Å². The summed E-state index contributed by atoms with van der Waals surface area (Å²) in [5, 5.41) is 102. The second-order valence-electron chi connectivity index (χ2n) is 29.1. The Morgan fingerprint density at radius 1 is 0.852 bits per heavy atom. The monoisotopic (exact) mass is 1250 g/mol. The summed E-state index contributed by atoms with van der Waals surface area (Å²) in [4.78, 5) is 13.2. The first-order chi connectivity index (χ1) is 42.5. The average Bonchev–Trinajstić information content (AvgIpc) is 0.815. The molecular formula is C71H98N2O13S2. The molecule has 18 atom stereocenters. The predicted molar refractivity (Wildman–Crippen MR) is 343 cm³/mol. The van der Waals surface area contributed by atoms with Gasteiger partial charge >= 0.3 is 5.97 Å².